The van der Waals surface area contributed by atoms with Crippen LogP contribution in [0.25, 0.3) is 0 Å². The summed E-state index contributed by atoms with van der Waals surface area (Å²) in [6.45, 7) is 3.22. The average molecular weight is 310 g/mol. The molecule has 0 saturated carbocycles. The van der Waals surface area contributed by atoms with Crippen LogP contribution in [0.3, 0.4) is 0 Å². The summed E-state index contributed by atoms with van der Waals surface area (Å²) in [5.41, 5.74) is 1.03. The lowest BCUT2D eigenvalue weighted by atomic mass is 9.95. The molecule has 2 saturated heterocycles. The lowest BCUT2D eigenvalue weighted by Gasteiger charge is -2.27. The third kappa shape index (κ3) is 3.91. The Labute approximate surface area is 125 Å². The van der Waals surface area contributed by atoms with E-state index in [1.54, 1.807) is 6.20 Å². The highest BCUT2D eigenvalue weighted by Crippen LogP contribution is 2.17. The van der Waals surface area contributed by atoms with Crippen LogP contribution < -0.4 is 10.2 Å². The summed E-state index contributed by atoms with van der Waals surface area (Å²) in [5, 5.41) is 3.41. The molecular formula is C14H22N4O2S. The Hall–Kier alpha value is -1.21. The second kappa shape index (κ2) is 6.27. The minimum atomic E-state index is -2.85. The zero-order valence-electron chi connectivity index (χ0n) is 12.2. The van der Waals surface area contributed by atoms with Gasteiger partial charge in [0.25, 0.3) is 0 Å². The van der Waals surface area contributed by atoms with E-state index >= 15 is 0 Å². The maximum Gasteiger partial charge on any atom is 0.153 e. The van der Waals surface area contributed by atoms with Crippen molar-refractivity contribution in [1.82, 2.24) is 15.3 Å². The molecule has 2 aliphatic rings. The number of nitrogens with one attached hydrogen (secondary N) is 1. The number of hydrogen-bond acceptors (Lipinski definition) is 6. The third-order valence-corrected chi connectivity index (χ3v) is 5.87. The molecule has 116 valence electrons. The molecule has 21 heavy (non-hydrogen) atoms. The molecule has 6 nitrogen and oxygen atoms in total. The van der Waals surface area contributed by atoms with Crippen LogP contribution in [-0.4, -0.2) is 56.1 Å². The van der Waals surface area contributed by atoms with Crippen LogP contribution in [-0.2, 0) is 16.3 Å². The van der Waals surface area contributed by atoms with Crippen LogP contribution >= 0.6 is 0 Å². The van der Waals surface area contributed by atoms with Gasteiger partial charge in [0.05, 0.1) is 29.6 Å². The van der Waals surface area contributed by atoms with E-state index in [0.717, 1.165) is 31.0 Å². The van der Waals surface area contributed by atoms with Crippen LogP contribution in [0, 0.1) is 5.92 Å². The zero-order chi connectivity index (χ0) is 14.7. The largest absolute Gasteiger partial charge is 0.353 e. The highest BCUT2D eigenvalue weighted by molar-refractivity contribution is 7.91. The molecule has 0 unspecified atom stereocenters. The predicted octanol–water partition coefficient (Wildman–Crippen LogP) is 0.254. The molecule has 1 atom stereocenters. The van der Waals surface area contributed by atoms with E-state index in [1.807, 2.05) is 11.1 Å². The first-order valence-corrected chi connectivity index (χ1v) is 9.41. The van der Waals surface area contributed by atoms with Crippen molar-refractivity contribution in [2.75, 3.05) is 42.6 Å². The average Bonchev–Trinajstić information content (AvgIpc) is 2.49. The van der Waals surface area contributed by atoms with Crippen LogP contribution in [0.15, 0.2) is 12.4 Å². The van der Waals surface area contributed by atoms with Gasteiger partial charge in [-0.3, -0.25) is 4.98 Å². The molecule has 3 rings (SSSR count). The molecule has 1 aromatic heterocycles. The summed E-state index contributed by atoms with van der Waals surface area (Å²) in [4.78, 5) is 11.0. The molecule has 0 aromatic carbocycles. The van der Waals surface area contributed by atoms with Gasteiger partial charge in [0.2, 0.25) is 0 Å². The number of aromatic nitrogens is 2. The molecule has 1 N–H and O–H groups in total. The first kappa shape index (κ1) is 14.7. The molecule has 0 amide bonds. The monoisotopic (exact) mass is 310 g/mol. The maximum absolute atomic E-state index is 11.4. The molecule has 0 spiro atoms. The number of rotatable bonds is 3. The highest BCUT2D eigenvalue weighted by atomic mass is 32.2. The van der Waals surface area contributed by atoms with E-state index in [4.69, 9.17) is 0 Å². The van der Waals surface area contributed by atoms with Crippen molar-refractivity contribution in [1.29, 1.82) is 0 Å². The highest BCUT2D eigenvalue weighted by Gasteiger charge is 2.22. The molecule has 0 aliphatic carbocycles. The zero-order valence-corrected chi connectivity index (χ0v) is 13.0. The maximum atomic E-state index is 11.4. The lowest BCUT2D eigenvalue weighted by molar-refractivity contribution is 0.373. The molecule has 3 heterocycles. The first-order chi connectivity index (χ1) is 10.1. The molecular weight excluding hydrogens is 288 g/mol. The Balaban J connectivity index is 1.59. The van der Waals surface area contributed by atoms with Crippen molar-refractivity contribution in [3.8, 4) is 0 Å². The van der Waals surface area contributed by atoms with Crippen molar-refractivity contribution in [2.45, 2.75) is 19.3 Å². The van der Waals surface area contributed by atoms with Gasteiger partial charge >= 0.3 is 0 Å². The van der Waals surface area contributed by atoms with Crippen molar-refractivity contribution in [2.24, 2.45) is 5.92 Å². The number of hydrogen-bond donors (Lipinski definition) is 1. The summed E-state index contributed by atoms with van der Waals surface area (Å²) in [6, 6.07) is 0. The fourth-order valence-electron chi connectivity index (χ4n) is 2.95. The summed E-state index contributed by atoms with van der Waals surface area (Å²) >= 11 is 0. The number of anilines is 1. The van der Waals surface area contributed by atoms with Crippen molar-refractivity contribution >= 4 is 15.7 Å². The van der Waals surface area contributed by atoms with Gasteiger partial charge in [0, 0.05) is 13.1 Å². The smallest absolute Gasteiger partial charge is 0.153 e. The second-order valence-electron chi connectivity index (χ2n) is 5.92. The summed E-state index contributed by atoms with van der Waals surface area (Å²) in [5.74, 6) is 1.86. The van der Waals surface area contributed by atoms with Crippen LogP contribution in [0.5, 0.6) is 0 Å². The van der Waals surface area contributed by atoms with E-state index in [-0.39, 0.29) is 11.5 Å². The third-order valence-electron chi connectivity index (χ3n) is 4.26. The first-order valence-electron chi connectivity index (χ1n) is 7.59. The predicted molar refractivity (Wildman–Crippen MR) is 82.2 cm³/mol. The van der Waals surface area contributed by atoms with Gasteiger partial charge in [-0.2, -0.15) is 0 Å². The van der Waals surface area contributed by atoms with E-state index in [9.17, 15) is 8.42 Å². The van der Waals surface area contributed by atoms with Crippen molar-refractivity contribution in [3.05, 3.63) is 18.1 Å². The lowest BCUT2D eigenvalue weighted by Crippen LogP contribution is -2.40. The van der Waals surface area contributed by atoms with Gasteiger partial charge in [-0.1, -0.05) is 0 Å². The second-order valence-corrected chi connectivity index (χ2v) is 8.22. The van der Waals surface area contributed by atoms with Crippen molar-refractivity contribution in [3.63, 3.8) is 0 Å². The van der Waals surface area contributed by atoms with E-state index in [0.29, 0.717) is 19.0 Å². The summed E-state index contributed by atoms with van der Waals surface area (Å²) < 4.78 is 22.9. The Morgan fingerprint density at radius 1 is 1.24 bits per heavy atom. The molecule has 0 bridgehead atoms. The fraction of sp³-hybridized carbons (Fsp3) is 0.714. The number of piperidine rings is 1. The van der Waals surface area contributed by atoms with E-state index < -0.39 is 9.84 Å². The quantitative estimate of drug-likeness (QED) is 0.863. The van der Waals surface area contributed by atoms with Gasteiger partial charge in [0.1, 0.15) is 5.82 Å². The minimum Gasteiger partial charge on any atom is -0.353 e. The molecule has 1 aromatic rings. The number of nitrogens with zero attached hydrogens (tertiary/aromatic N) is 3. The topological polar surface area (TPSA) is 75.2 Å². The van der Waals surface area contributed by atoms with Gasteiger partial charge in [0.15, 0.2) is 9.84 Å². The molecule has 2 aliphatic heterocycles. The Kier molecular flexibility index (Phi) is 4.40. The van der Waals surface area contributed by atoms with Crippen LogP contribution in [0.2, 0.25) is 0 Å². The standard InChI is InChI=1S/C14H22N4O2S/c19-21(20)6-4-18(5-7-21)14-11-16-13(10-17-14)8-12-2-1-3-15-9-12/h10-12,15H,1-9H2/t12-/m0/s1. The Morgan fingerprint density at radius 2 is 2.05 bits per heavy atom. The van der Waals surface area contributed by atoms with Crippen molar-refractivity contribution < 1.29 is 8.42 Å². The van der Waals surface area contributed by atoms with Crippen LogP contribution in [0.4, 0.5) is 5.82 Å². The summed E-state index contributed by atoms with van der Waals surface area (Å²) in [6.07, 6.45) is 7.07. The molecule has 0 radical (unpaired) electrons. The van der Waals surface area contributed by atoms with Gasteiger partial charge in [-0.05, 0) is 38.3 Å². The number of sulfone groups is 1. The van der Waals surface area contributed by atoms with Crippen LogP contribution in [0.1, 0.15) is 18.5 Å². The minimum absolute atomic E-state index is 0.212. The van der Waals surface area contributed by atoms with E-state index in [2.05, 4.69) is 15.3 Å². The Bertz CT molecular complexity index is 553. The fourth-order valence-corrected chi connectivity index (χ4v) is 4.15. The SMILES string of the molecule is O=S1(=O)CCN(c2cnc(C[C@@H]3CCCNC3)cn2)CC1. The summed E-state index contributed by atoms with van der Waals surface area (Å²) in [7, 11) is -2.85. The van der Waals surface area contributed by atoms with E-state index in [1.165, 1.54) is 12.8 Å². The normalized spacial score (nSPS) is 25.7. The van der Waals surface area contributed by atoms with Gasteiger partial charge in [-0.25, -0.2) is 13.4 Å². The molecule has 2 fully saturated rings. The molecule has 7 heteroatoms. The van der Waals surface area contributed by atoms with Gasteiger partial charge in [-0.15, -0.1) is 0 Å². The van der Waals surface area contributed by atoms with Gasteiger partial charge < -0.3 is 10.2 Å². The Morgan fingerprint density at radius 3 is 2.67 bits per heavy atom.